The maximum absolute atomic E-state index is 12.7. The molecule has 0 aliphatic carbocycles. The highest BCUT2D eigenvalue weighted by Crippen LogP contribution is 2.21. The number of para-hydroxylation sites is 1. The number of carbonyl (C=O) groups is 2. The summed E-state index contributed by atoms with van der Waals surface area (Å²) in [5.74, 6) is 0.496. The average Bonchev–Trinajstić information content (AvgIpc) is 3.03. The van der Waals surface area contributed by atoms with Gasteiger partial charge in [0.15, 0.2) is 5.58 Å². The number of nitrogens with zero attached hydrogens (tertiary/aromatic N) is 2. The Hall–Kier alpha value is -2.37. The summed E-state index contributed by atoms with van der Waals surface area (Å²) in [7, 11) is 0. The first-order valence-electron chi connectivity index (χ1n) is 9.05. The van der Waals surface area contributed by atoms with Gasteiger partial charge in [-0.2, -0.15) is 0 Å². The standard InChI is InChI=1S/C19H25N3O3/c1-2-6-18(23)20-12-14-7-5-10-22(13-14)19(24)11-16-15-8-3-4-9-17(15)25-21-16/h3-4,8-9,14H,2,5-7,10-13H2,1H3,(H,20,23)/t14-/m1/s1. The van der Waals surface area contributed by atoms with Crippen LogP contribution in [-0.2, 0) is 16.0 Å². The van der Waals surface area contributed by atoms with Gasteiger partial charge in [-0.1, -0.05) is 24.2 Å². The van der Waals surface area contributed by atoms with Crippen LogP contribution in [-0.4, -0.2) is 41.5 Å². The van der Waals surface area contributed by atoms with E-state index in [4.69, 9.17) is 4.52 Å². The second-order valence-electron chi connectivity index (χ2n) is 6.70. The van der Waals surface area contributed by atoms with Crippen molar-refractivity contribution >= 4 is 22.8 Å². The molecule has 1 aliphatic heterocycles. The molecule has 1 N–H and O–H groups in total. The van der Waals surface area contributed by atoms with Crippen LogP contribution in [0.3, 0.4) is 0 Å². The van der Waals surface area contributed by atoms with Crippen molar-refractivity contribution in [1.29, 1.82) is 0 Å². The van der Waals surface area contributed by atoms with Crippen molar-refractivity contribution in [3.63, 3.8) is 0 Å². The zero-order valence-corrected chi connectivity index (χ0v) is 14.7. The molecule has 1 fully saturated rings. The number of benzene rings is 1. The quantitative estimate of drug-likeness (QED) is 0.874. The van der Waals surface area contributed by atoms with E-state index in [1.807, 2.05) is 36.1 Å². The summed E-state index contributed by atoms with van der Waals surface area (Å²) in [5, 5.41) is 7.93. The van der Waals surface area contributed by atoms with Crippen molar-refractivity contribution in [1.82, 2.24) is 15.4 Å². The first-order valence-corrected chi connectivity index (χ1v) is 9.05. The molecule has 25 heavy (non-hydrogen) atoms. The number of piperidine rings is 1. The van der Waals surface area contributed by atoms with Crippen LogP contribution in [0.15, 0.2) is 28.8 Å². The average molecular weight is 343 g/mol. The van der Waals surface area contributed by atoms with E-state index in [0.29, 0.717) is 36.7 Å². The predicted octanol–water partition coefficient (Wildman–Crippen LogP) is 2.53. The molecule has 2 aromatic rings. The van der Waals surface area contributed by atoms with E-state index in [-0.39, 0.29) is 18.2 Å². The minimum atomic E-state index is 0.0728. The molecule has 1 aromatic carbocycles. The highest BCUT2D eigenvalue weighted by Gasteiger charge is 2.25. The fourth-order valence-corrected chi connectivity index (χ4v) is 3.35. The normalized spacial score (nSPS) is 17.6. The Morgan fingerprint density at radius 1 is 1.36 bits per heavy atom. The van der Waals surface area contributed by atoms with Crippen LogP contribution in [0.5, 0.6) is 0 Å². The molecule has 0 radical (unpaired) electrons. The van der Waals surface area contributed by atoms with Crippen LogP contribution in [0.25, 0.3) is 11.0 Å². The molecule has 1 atom stereocenters. The van der Waals surface area contributed by atoms with Gasteiger partial charge >= 0.3 is 0 Å². The van der Waals surface area contributed by atoms with Gasteiger partial charge in [-0.15, -0.1) is 0 Å². The highest BCUT2D eigenvalue weighted by atomic mass is 16.5. The topological polar surface area (TPSA) is 75.4 Å². The lowest BCUT2D eigenvalue weighted by atomic mass is 9.97. The second-order valence-corrected chi connectivity index (χ2v) is 6.70. The van der Waals surface area contributed by atoms with Crippen molar-refractivity contribution in [3.8, 4) is 0 Å². The zero-order valence-electron chi connectivity index (χ0n) is 14.7. The van der Waals surface area contributed by atoms with Gasteiger partial charge in [-0.05, 0) is 37.3 Å². The Morgan fingerprint density at radius 2 is 2.20 bits per heavy atom. The third kappa shape index (κ3) is 4.38. The highest BCUT2D eigenvalue weighted by molar-refractivity contribution is 5.86. The van der Waals surface area contributed by atoms with Crippen LogP contribution < -0.4 is 5.32 Å². The SMILES string of the molecule is CCCC(=O)NC[C@H]1CCCN(C(=O)Cc2noc3ccccc23)C1. The number of carbonyl (C=O) groups excluding carboxylic acids is 2. The van der Waals surface area contributed by atoms with Gasteiger partial charge < -0.3 is 14.7 Å². The molecule has 2 amide bonds. The van der Waals surface area contributed by atoms with Crippen molar-refractivity contribution in [2.24, 2.45) is 5.92 Å². The second kappa shape index (κ2) is 8.14. The number of fused-ring (bicyclic) bond motifs is 1. The van der Waals surface area contributed by atoms with Crippen molar-refractivity contribution in [2.45, 2.75) is 39.0 Å². The third-order valence-electron chi connectivity index (χ3n) is 4.71. The van der Waals surface area contributed by atoms with Gasteiger partial charge in [0.1, 0.15) is 5.69 Å². The molecule has 1 aliphatic rings. The summed E-state index contributed by atoms with van der Waals surface area (Å²) >= 11 is 0. The van der Waals surface area contributed by atoms with E-state index < -0.39 is 0 Å². The number of rotatable bonds is 6. The van der Waals surface area contributed by atoms with Gasteiger partial charge in [0.25, 0.3) is 0 Å². The number of likely N-dealkylation sites (tertiary alicyclic amines) is 1. The molecule has 134 valence electrons. The third-order valence-corrected chi connectivity index (χ3v) is 4.71. The van der Waals surface area contributed by atoms with Gasteiger partial charge in [0.05, 0.1) is 6.42 Å². The van der Waals surface area contributed by atoms with Crippen LogP contribution in [0.2, 0.25) is 0 Å². The van der Waals surface area contributed by atoms with E-state index in [1.54, 1.807) is 0 Å². The zero-order chi connectivity index (χ0) is 17.6. The first-order chi connectivity index (χ1) is 12.2. The molecule has 0 spiro atoms. The molecule has 0 bridgehead atoms. The Morgan fingerprint density at radius 3 is 3.04 bits per heavy atom. The fourth-order valence-electron chi connectivity index (χ4n) is 3.35. The van der Waals surface area contributed by atoms with Crippen LogP contribution in [0.4, 0.5) is 0 Å². The molecule has 2 heterocycles. The molecule has 1 saturated heterocycles. The fraction of sp³-hybridized carbons (Fsp3) is 0.526. The lowest BCUT2D eigenvalue weighted by Crippen LogP contribution is -2.44. The smallest absolute Gasteiger partial charge is 0.228 e. The number of amides is 2. The summed E-state index contributed by atoms with van der Waals surface area (Å²) in [4.78, 5) is 26.2. The summed E-state index contributed by atoms with van der Waals surface area (Å²) in [6.07, 6.45) is 3.69. The van der Waals surface area contributed by atoms with Gasteiger partial charge in [0, 0.05) is 31.4 Å². The molecule has 1 aromatic heterocycles. The monoisotopic (exact) mass is 343 g/mol. The van der Waals surface area contributed by atoms with Crippen LogP contribution >= 0.6 is 0 Å². The van der Waals surface area contributed by atoms with E-state index in [9.17, 15) is 9.59 Å². The Kier molecular flexibility index (Phi) is 5.68. The largest absolute Gasteiger partial charge is 0.356 e. The maximum Gasteiger partial charge on any atom is 0.228 e. The van der Waals surface area contributed by atoms with E-state index in [0.717, 1.165) is 31.2 Å². The van der Waals surface area contributed by atoms with Gasteiger partial charge in [0.2, 0.25) is 11.8 Å². The van der Waals surface area contributed by atoms with Crippen molar-refractivity contribution < 1.29 is 14.1 Å². The summed E-state index contributed by atoms with van der Waals surface area (Å²) < 4.78 is 5.28. The minimum absolute atomic E-state index is 0.0728. The molecule has 0 unspecified atom stereocenters. The Bertz CT molecular complexity index is 740. The molecule has 0 saturated carbocycles. The van der Waals surface area contributed by atoms with Gasteiger partial charge in [-0.25, -0.2) is 0 Å². The molecule has 3 rings (SSSR count). The van der Waals surface area contributed by atoms with Crippen molar-refractivity contribution in [3.05, 3.63) is 30.0 Å². The molecular weight excluding hydrogens is 318 g/mol. The summed E-state index contributed by atoms with van der Waals surface area (Å²) in [6.45, 7) is 4.11. The Labute approximate surface area is 147 Å². The van der Waals surface area contributed by atoms with Crippen LogP contribution in [0.1, 0.15) is 38.3 Å². The number of aromatic nitrogens is 1. The first kappa shape index (κ1) is 17.5. The number of hydrogen-bond acceptors (Lipinski definition) is 4. The predicted molar refractivity (Wildman–Crippen MR) is 94.9 cm³/mol. The lowest BCUT2D eigenvalue weighted by molar-refractivity contribution is -0.132. The minimum Gasteiger partial charge on any atom is -0.356 e. The Balaban J connectivity index is 1.56. The lowest BCUT2D eigenvalue weighted by Gasteiger charge is -2.32. The molecule has 6 heteroatoms. The number of hydrogen-bond donors (Lipinski definition) is 1. The van der Waals surface area contributed by atoms with Crippen LogP contribution in [0, 0.1) is 5.92 Å². The number of nitrogens with one attached hydrogen (secondary N) is 1. The molecule has 6 nitrogen and oxygen atoms in total. The van der Waals surface area contributed by atoms with E-state index in [2.05, 4.69) is 10.5 Å². The van der Waals surface area contributed by atoms with Gasteiger partial charge in [-0.3, -0.25) is 9.59 Å². The summed E-state index contributed by atoms with van der Waals surface area (Å²) in [5.41, 5.74) is 1.40. The summed E-state index contributed by atoms with van der Waals surface area (Å²) in [6, 6.07) is 7.59. The maximum atomic E-state index is 12.7. The molecular formula is C19H25N3O3. The van der Waals surface area contributed by atoms with E-state index in [1.165, 1.54) is 0 Å². The van der Waals surface area contributed by atoms with Crippen molar-refractivity contribution in [2.75, 3.05) is 19.6 Å². The van der Waals surface area contributed by atoms with E-state index >= 15 is 0 Å².